The summed E-state index contributed by atoms with van der Waals surface area (Å²) >= 11 is 1.65. The van der Waals surface area contributed by atoms with E-state index in [1.807, 2.05) is 50.9 Å². The van der Waals surface area contributed by atoms with E-state index < -0.39 is 0 Å². The van der Waals surface area contributed by atoms with Crippen molar-refractivity contribution in [2.45, 2.75) is 53.0 Å². The van der Waals surface area contributed by atoms with Crippen LogP contribution in [0, 0.1) is 19.8 Å². The molecular formula is C24H30N4O2S. The number of hydrogen-bond acceptors (Lipinski definition) is 5. The Bertz CT molecular complexity index is 1180. The third-order valence-electron chi connectivity index (χ3n) is 6.38. The molecule has 0 saturated carbocycles. The fourth-order valence-electron chi connectivity index (χ4n) is 4.33. The third-order valence-corrected chi connectivity index (χ3v) is 7.53. The fraction of sp³-hybridized carbons (Fsp3) is 0.458. The maximum Gasteiger partial charge on any atom is 0.259 e. The van der Waals surface area contributed by atoms with Crippen molar-refractivity contribution < 1.29 is 4.79 Å². The standard InChI is InChI=1S/C24H30N4O2S/c1-13-9-10-17-18(11-13)31-24-20(17)23(30)26-22(27-24)16(4)28(5)12-19(29)25-21-14(2)7-6-8-15(21)3/h6-8,13,16H,9-12H2,1-5H3,(H,25,29)(H,26,27,30). The van der Waals surface area contributed by atoms with Gasteiger partial charge in [-0.15, -0.1) is 11.3 Å². The number of aromatic nitrogens is 2. The van der Waals surface area contributed by atoms with Crippen LogP contribution in [0.15, 0.2) is 23.0 Å². The molecule has 31 heavy (non-hydrogen) atoms. The first-order chi connectivity index (χ1) is 14.7. The summed E-state index contributed by atoms with van der Waals surface area (Å²) in [7, 11) is 1.88. The molecule has 2 atom stereocenters. The third kappa shape index (κ3) is 4.29. The van der Waals surface area contributed by atoms with Crippen LogP contribution in [0.4, 0.5) is 5.69 Å². The average molecular weight is 439 g/mol. The van der Waals surface area contributed by atoms with Crippen molar-refractivity contribution in [2.24, 2.45) is 5.92 Å². The predicted molar refractivity (Wildman–Crippen MR) is 127 cm³/mol. The zero-order chi connectivity index (χ0) is 22.3. The molecule has 4 rings (SSSR count). The van der Waals surface area contributed by atoms with Gasteiger partial charge in [-0.05, 0) is 69.7 Å². The number of likely N-dealkylation sites (N-methyl/N-ethyl adjacent to an activating group) is 1. The van der Waals surface area contributed by atoms with E-state index in [9.17, 15) is 9.59 Å². The number of amides is 1. The predicted octanol–water partition coefficient (Wildman–Crippen LogP) is 4.36. The van der Waals surface area contributed by atoms with E-state index in [1.165, 1.54) is 10.4 Å². The smallest absolute Gasteiger partial charge is 0.259 e. The van der Waals surface area contributed by atoms with Gasteiger partial charge in [-0.1, -0.05) is 25.1 Å². The number of thiophene rings is 1. The summed E-state index contributed by atoms with van der Waals surface area (Å²) in [6.07, 6.45) is 3.10. The molecule has 0 spiro atoms. The van der Waals surface area contributed by atoms with E-state index in [0.717, 1.165) is 46.3 Å². The Kier molecular flexibility index (Phi) is 5.99. The molecule has 2 heterocycles. The molecule has 0 aliphatic heterocycles. The van der Waals surface area contributed by atoms with Gasteiger partial charge in [0.15, 0.2) is 0 Å². The van der Waals surface area contributed by atoms with E-state index in [4.69, 9.17) is 4.98 Å². The number of nitrogens with one attached hydrogen (secondary N) is 2. The normalized spacial score (nSPS) is 17.0. The van der Waals surface area contributed by atoms with E-state index in [0.29, 0.717) is 11.7 Å². The molecule has 1 aromatic carbocycles. The molecule has 0 fully saturated rings. The highest BCUT2D eigenvalue weighted by Gasteiger charge is 2.25. The summed E-state index contributed by atoms with van der Waals surface area (Å²) in [5, 5.41) is 3.79. The zero-order valence-corrected chi connectivity index (χ0v) is 19.7. The molecule has 2 aromatic heterocycles. The van der Waals surface area contributed by atoms with Crippen LogP contribution in [0.3, 0.4) is 0 Å². The van der Waals surface area contributed by atoms with Gasteiger partial charge in [0.05, 0.1) is 18.0 Å². The Morgan fingerprint density at radius 1 is 1.35 bits per heavy atom. The minimum absolute atomic E-state index is 0.0627. The zero-order valence-electron chi connectivity index (χ0n) is 18.8. The number of para-hydroxylation sites is 1. The average Bonchev–Trinajstić information content (AvgIpc) is 3.08. The van der Waals surface area contributed by atoms with Crippen LogP contribution < -0.4 is 10.9 Å². The van der Waals surface area contributed by atoms with Crippen LogP contribution >= 0.6 is 11.3 Å². The summed E-state index contributed by atoms with van der Waals surface area (Å²) in [6.45, 7) is 8.40. The quantitative estimate of drug-likeness (QED) is 0.621. The van der Waals surface area contributed by atoms with Gasteiger partial charge >= 0.3 is 0 Å². The minimum atomic E-state index is -0.195. The maximum absolute atomic E-state index is 12.9. The van der Waals surface area contributed by atoms with Crippen molar-refractivity contribution in [1.29, 1.82) is 0 Å². The lowest BCUT2D eigenvalue weighted by molar-refractivity contribution is -0.117. The van der Waals surface area contributed by atoms with Crippen molar-refractivity contribution in [3.8, 4) is 0 Å². The molecule has 1 aliphatic carbocycles. The number of nitrogens with zero attached hydrogens (tertiary/aromatic N) is 2. The summed E-state index contributed by atoms with van der Waals surface area (Å²) in [5.74, 6) is 1.17. The van der Waals surface area contributed by atoms with Crippen molar-refractivity contribution in [1.82, 2.24) is 14.9 Å². The molecule has 2 unspecified atom stereocenters. The lowest BCUT2D eigenvalue weighted by Crippen LogP contribution is -2.34. The molecule has 1 aliphatic rings. The second kappa shape index (κ2) is 8.55. The molecular weight excluding hydrogens is 408 g/mol. The molecule has 0 bridgehead atoms. The fourth-order valence-corrected chi connectivity index (χ4v) is 5.72. The first kappa shape index (κ1) is 21.7. The van der Waals surface area contributed by atoms with Crippen molar-refractivity contribution in [3.63, 3.8) is 0 Å². The number of H-pyrrole nitrogens is 1. The highest BCUT2D eigenvalue weighted by molar-refractivity contribution is 7.18. The summed E-state index contributed by atoms with van der Waals surface area (Å²) in [4.78, 5) is 37.4. The van der Waals surface area contributed by atoms with Crippen LogP contribution in [0.2, 0.25) is 0 Å². The molecule has 6 nitrogen and oxygen atoms in total. The van der Waals surface area contributed by atoms with Crippen LogP contribution in [-0.4, -0.2) is 34.4 Å². The second-order valence-electron chi connectivity index (χ2n) is 8.89. The highest BCUT2D eigenvalue weighted by Crippen LogP contribution is 2.36. The van der Waals surface area contributed by atoms with Gasteiger partial charge < -0.3 is 10.3 Å². The number of hydrogen-bond donors (Lipinski definition) is 2. The van der Waals surface area contributed by atoms with Crippen molar-refractivity contribution >= 4 is 33.1 Å². The summed E-state index contributed by atoms with van der Waals surface area (Å²) < 4.78 is 0. The van der Waals surface area contributed by atoms with Gasteiger partial charge in [0, 0.05) is 10.6 Å². The number of aromatic amines is 1. The molecule has 0 saturated heterocycles. The van der Waals surface area contributed by atoms with Crippen LogP contribution in [0.1, 0.15) is 53.7 Å². The topological polar surface area (TPSA) is 78.1 Å². The van der Waals surface area contributed by atoms with Crippen LogP contribution in [0.5, 0.6) is 0 Å². The number of fused-ring (bicyclic) bond motifs is 3. The number of aryl methyl sites for hydroxylation is 3. The number of carbonyl (C=O) groups is 1. The largest absolute Gasteiger partial charge is 0.324 e. The molecule has 164 valence electrons. The van der Waals surface area contributed by atoms with Crippen molar-refractivity contribution in [2.75, 3.05) is 18.9 Å². The number of carbonyl (C=O) groups excluding carboxylic acids is 1. The maximum atomic E-state index is 12.9. The van der Waals surface area contributed by atoms with Crippen LogP contribution in [-0.2, 0) is 17.6 Å². The molecule has 0 radical (unpaired) electrons. The second-order valence-corrected chi connectivity index (χ2v) is 9.97. The van der Waals surface area contributed by atoms with Crippen LogP contribution in [0.25, 0.3) is 10.2 Å². The summed E-state index contributed by atoms with van der Waals surface area (Å²) in [5.41, 5.74) is 4.06. The Morgan fingerprint density at radius 2 is 2.06 bits per heavy atom. The lowest BCUT2D eigenvalue weighted by Gasteiger charge is -2.23. The van der Waals surface area contributed by atoms with Crippen molar-refractivity contribution in [3.05, 3.63) is 55.9 Å². The Morgan fingerprint density at radius 3 is 2.77 bits per heavy atom. The van der Waals surface area contributed by atoms with Gasteiger partial charge in [-0.2, -0.15) is 0 Å². The number of anilines is 1. The molecule has 2 N–H and O–H groups in total. The Hall–Kier alpha value is -2.51. The highest BCUT2D eigenvalue weighted by atomic mass is 32.1. The molecule has 7 heteroatoms. The van der Waals surface area contributed by atoms with E-state index >= 15 is 0 Å². The van der Waals surface area contributed by atoms with Gasteiger partial charge in [-0.3, -0.25) is 14.5 Å². The van der Waals surface area contributed by atoms with Gasteiger partial charge in [0.2, 0.25) is 5.91 Å². The Balaban J connectivity index is 1.53. The van der Waals surface area contributed by atoms with E-state index in [1.54, 1.807) is 11.3 Å². The molecule has 3 aromatic rings. The van der Waals surface area contributed by atoms with Gasteiger partial charge in [-0.25, -0.2) is 4.98 Å². The molecule has 1 amide bonds. The monoisotopic (exact) mass is 438 g/mol. The van der Waals surface area contributed by atoms with E-state index in [-0.39, 0.29) is 24.1 Å². The number of benzene rings is 1. The SMILES string of the molecule is Cc1cccc(C)c1NC(=O)CN(C)C(C)c1nc2sc3c(c2c(=O)[nH]1)CCC(C)C3. The number of rotatable bonds is 5. The first-order valence-corrected chi connectivity index (χ1v) is 11.7. The summed E-state index contributed by atoms with van der Waals surface area (Å²) in [6, 6.07) is 5.76. The lowest BCUT2D eigenvalue weighted by atomic mass is 9.89. The van der Waals surface area contributed by atoms with Gasteiger partial charge in [0.1, 0.15) is 10.7 Å². The minimum Gasteiger partial charge on any atom is -0.324 e. The Labute approximate surface area is 186 Å². The van der Waals surface area contributed by atoms with E-state index in [2.05, 4.69) is 17.2 Å². The first-order valence-electron chi connectivity index (χ1n) is 10.8. The van der Waals surface area contributed by atoms with Gasteiger partial charge in [0.25, 0.3) is 5.56 Å².